The molecule has 0 saturated carbocycles. The number of aromatic nitrogens is 4. The Morgan fingerprint density at radius 2 is 1.92 bits per heavy atom. The van der Waals surface area contributed by atoms with E-state index in [2.05, 4.69) is 32.3 Å². The van der Waals surface area contributed by atoms with E-state index in [1.807, 2.05) is 36.4 Å². The molecule has 0 aliphatic carbocycles. The van der Waals surface area contributed by atoms with Crippen molar-refractivity contribution < 1.29 is 8.78 Å². The molecular formula is C18H17F2N5. The van der Waals surface area contributed by atoms with Crippen molar-refractivity contribution in [3.8, 4) is 0 Å². The van der Waals surface area contributed by atoms with Gasteiger partial charge in [-0.15, -0.1) is 15.3 Å². The Morgan fingerprint density at radius 1 is 1.08 bits per heavy atom. The molecule has 3 heterocycles. The molecule has 1 aliphatic rings. The Bertz CT molecular complexity index is 891. The monoisotopic (exact) mass is 341 g/mol. The van der Waals surface area contributed by atoms with E-state index < -0.39 is 12.2 Å². The van der Waals surface area contributed by atoms with Crippen molar-refractivity contribution in [2.24, 2.45) is 0 Å². The van der Waals surface area contributed by atoms with Crippen molar-refractivity contribution in [2.75, 3.05) is 11.4 Å². The third-order valence-electron chi connectivity index (χ3n) is 4.37. The van der Waals surface area contributed by atoms with Crippen molar-refractivity contribution in [2.45, 2.75) is 25.3 Å². The summed E-state index contributed by atoms with van der Waals surface area (Å²) in [5.41, 5.74) is 1.46. The standard InChI is InChI=1S/C18H17F2N5/c19-17(20)18-22-21-15-10-11-16(23-25(15)18)24-12-4-7-14(24)9-8-13-5-2-1-3-6-13/h1-3,5-6,8-11,14,17H,4,7,12H2/b9-8+/t14-/m1/s1. The van der Waals surface area contributed by atoms with Crippen LogP contribution in [0.5, 0.6) is 0 Å². The number of rotatable bonds is 4. The Balaban J connectivity index is 1.62. The first-order chi connectivity index (χ1) is 12.2. The van der Waals surface area contributed by atoms with Gasteiger partial charge in [-0.1, -0.05) is 42.5 Å². The Morgan fingerprint density at radius 3 is 2.72 bits per heavy atom. The third kappa shape index (κ3) is 3.09. The molecule has 1 saturated heterocycles. The molecule has 0 radical (unpaired) electrons. The number of benzene rings is 1. The van der Waals surface area contributed by atoms with Gasteiger partial charge in [0.25, 0.3) is 6.43 Å². The van der Waals surface area contributed by atoms with Crippen LogP contribution >= 0.6 is 0 Å². The van der Waals surface area contributed by atoms with E-state index in [0.29, 0.717) is 11.5 Å². The van der Waals surface area contributed by atoms with E-state index in [1.165, 1.54) is 0 Å². The fraction of sp³-hybridized carbons (Fsp3) is 0.278. The highest BCUT2D eigenvalue weighted by molar-refractivity contribution is 5.53. The first-order valence-corrected chi connectivity index (χ1v) is 8.23. The molecule has 25 heavy (non-hydrogen) atoms. The second-order valence-electron chi connectivity index (χ2n) is 5.99. The highest BCUT2D eigenvalue weighted by Gasteiger charge is 2.25. The lowest BCUT2D eigenvalue weighted by molar-refractivity contribution is 0.137. The fourth-order valence-corrected chi connectivity index (χ4v) is 3.15. The van der Waals surface area contributed by atoms with Gasteiger partial charge in [0.05, 0.1) is 0 Å². The van der Waals surface area contributed by atoms with E-state index >= 15 is 0 Å². The van der Waals surface area contributed by atoms with Gasteiger partial charge in [0.2, 0.25) is 5.82 Å². The molecule has 4 rings (SSSR count). The van der Waals surface area contributed by atoms with Gasteiger partial charge in [-0.2, -0.15) is 4.52 Å². The average molecular weight is 341 g/mol. The fourth-order valence-electron chi connectivity index (χ4n) is 3.15. The minimum absolute atomic E-state index is 0.191. The maximum Gasteiger partial charge on any atom is 0.299 e. The normalized spacial score (nSPS) is 18.0. The highest BCUT2D eigenvalue weighted by Crippen LogP contribution is 2.26. The van der Waals surface area contributed by atoms with Gasteiger partial charge in [-0.3, -0.25) is 0 Å². The van der Waals surface area contributed by atoms with Gasteiger partial charge >= 0.3 is 0 Å². The molecule has 1 atom stereocenters. The van der Waals surface area contributed by atoms with Gasteiger partial charge in [0, 0.05) is 12.6 Å². The molecule has 5 nitrogen and oxygen atoms in total. The van der Waals surface area contributed by atoms with E-state index in [0.717, 1.165) is 29.5 Å². The summed E-state index contributed by atoms with van der Waals surface area (Å²) in [5, 5.41) is 11.6. The van der Waals surface area contributed by atoms with Crippen molar-refractivity contribution in [3.63, 3.8) is 0 Å². The van der Waals surface area contributed by atoms with Crippen LogP contribution in [0.4, 0.5) is 14.6 Å². The smallest absolute Gasteiger partial charge is 0.299 e. The molecule has 1 fully saturated rings. The number of nitrogens with zero attached hydrogens (tertiary/aromatic N) is 5. The van der Waals surface area contributed by atoms with Crippen LogP contribution in [-0.4, -0.2) is 32.4 Å². The summed E-state index contributed by atoms with van der Waals surface area (Å²) >= 11 is 0. The maximum absolute atomic E-state index is 13.0. The van der Waals surface area contributed by atoms with Crippen LogP contribution in [0.15, 0.2) is 48.5 Å². The largest absolute Gasteiger partial charge is 0.349 e. The molecular weight excluding hydrogens is 324 g/mol. The molecule has 1 aromatic carbocycles. The van der Waals surface area contributed by atoms with Crippen LogP contribution in [0.25, 0.3) is 11.7 Å². The van der Waals surface area contributed by atoms with Crippen molar-refractivity contribution in [1.29, 1.82) is 0 Å². The van der Waals surface area contributed by atoms with Gasteiger partial charge in [0.1, 0.15) is 5.82 Å². The molecule has 0 unspecified atom stereocenters. The molecule has 3 aromatic rings. The maximum atomic E-state index is 13.0. The first-order valence-electron chi connectivity index (χ1n) is 8.23. The second kappa shape index (κ2) is 6.58. The van der Waals surface area contributed by atoms with Gasteiger partial charge in [-0.05, 0) is 30.5 Å². The summed E-state index contributed by atoms with van der Waals surface area (Å²) in [6.07, 6.45) is 3.57. The van der Waals surface area contributed by atoms with Gasteiger partial charge in [0.15, 0.2) is 5.65 Å². The number of anilines is 1. The zero-order valence-electron chi connectivity index (χ0n) is 13.5. The van der Waals surface area contributed by atoms with Crippen LogP contribution in [0, 0.1) is 0 Å². The lowest BCUT2D eigenvalue weighted by Crippen LogP contribution is -2.28. The second-order valence-corrected chi connectivity index (χ2v) is 5.99. The lowest BCUT2D eigenvalue weighted by atomic mass is 10.1. The number of hydrogen-bond donors (Lipinski definition) is 0. The summed E-state index contributed by atoms with van der Waals surface area (Å²) < 4.78 is 27.2. The van der Waals surface area contributed by atoms with Crippen LogP contribution in [0.3, 0.4) is 0 Å². The third-order valence-corrected chi connectivity index (χ3v) is 4.37. The van der Waals surface area contributed by atoms with Crippen LogP contribution in [-0.2, 0) is 0 Å². The van der Waals surface area contributed by atoms with Crippen LogP contribution < -0.4 is 4.90 Å². The minimum Gasteiger partial charge on any atom is -0.349 e. The Labute approximate surface area is 143 Å². The van der Waals surface area contributed by atoms with E-state index in [9.17, 15) is 8.78 Å². The number of alkyl halides is 2. The van der Waals surface area contributed by atoms with E-state index in [4.69, 9.17) is 0 Å². The molecule has 1 aliphatic heterocycles. The summed E-state index contributed by atoms with van der Waals surface area (Å²) in [5.74, 6) is 0.238. The van der Waals surface area contributed by atoms with E-state index in [1.54, 1.807) is 6.07 Å². The molecule has 0 amide bonds. The SMILES string of the molecule is FC(F)c1nnc2ccc(N3CCC[C@@H]3/C=C/c3ccccc3)nn12. The molecule has 0 N–H and O–H groups in total. The Hall–Kier alpha value is -2.83. The average Bonchev–Trinajstić information content (AvgIpc) is 3.27. The molecule has 2 aromatic heterocycles. The zero-order valence-corrected chi connectivity index (χ0v) is 13.5. The lowest BCUT2D eigenvalue weighted by Gasteiger charge is -2.23. The first kappa shape index (κ1) is 15.7. The van der Waals surface area contributed by atoms with Crippen LogP contribution in [0.1, 0.15) is 30.7 Å². The topological polar surface area (TPSA) is 46.3 Å². The molecule has 0 spiro atoms. The predicted octanol–water partition coefficient (Wildman–Crippen LogP) is 3.74. The molecule has 0 bridgehead atoms. The predicted molar refractivity (Wildman–Crippen MR) is 91.6 cm³/mol. The van der Waals surface area contributed by atoms with Gasteiger partial charge in [-0.25, -0.2) is 8.78 Å². The summed E-state index contributed by atoms with van der Waals surface area (Å²) in [4.78, 5) is 2.13. The minimum atomic E-state index is -2.70. The number of halogens is 2. The summed E-state index contributed by atoms with van der Waals surface area (Å²) in [7, 11) is 0. The zero-order chi connectivity index (χ0) is 17.2. The van der Waals surface area contributed by atoms with Crippen molar-refractivity contribution >= 4 is 17.5 Å². The van der Waals surface area contributed by atoms with E-state index in [-0.39, 0.29) is 6.04 Å². The van der Waals surface area contributed by atoms with Gasteiger partial charge < -0.3 is 4.90 Å². The molecule has 128 valence electrons. The number of hydrogen-bond acceptors (Lipinski definition) is 4. The molecule has 7 heteroatoms. The van der Waals surface area contributed by atoms with Crippen LogP contribution in [0.2, 0.25) is 0 Å². The van der Waals surface area contributed by atoms with Crippen molar-refractivity contribution in [3.05, 3.63) is 59.9 Å². The number of fused-ring (bicyclic) bond motifs is 1. The van der Waals surface area contributed by atoms with Crippen molar-refractivity contribution in [1.82, 2.24) is 19.8 Å². The summed E-state index contributed by atoms with van der Waals surface area (Å²) in [6.45, 7) is 0.842. The highest BCUT2D eigenvalue weighted by atomic mass is 19.3. The quantitative estimate of drug-likeness (QED) is 0.725. The summed E-state index contributed by atoms with van der Waals surface area (Å²) in [6, 6.07) is 13.8. The Kier molecular flexibility index (Phi) is 4.13.